The molecular weight excluding hydrogens is 332 g/mol. The van der Waals surface area contributed by atoms with Gasteiger partial charge in [0.05, 0.1) is 0 Å². The summed E-state index contributed by atoms with van der Waals surface area (Å²) in [7, 11) is 0. The third kappa shape index (κ3) is 3.97. The third-order valence-corrected chi connectivity index (χ3v) is 5.64. The minimum Gasteiger partial charge on any atom is -0.481 e. The fourth-order valence-corrected chi connectivity index (χ4v) is 4.37. The number of nitrogens with zero attached hydrogens (tertiary/aromatic N) is 2. The summed E-state index contributed by atoms with van der Waals surface area (Å²) in [5.41, 5.74) is 1.55. The molecule has 5 nitrogen and oxygen atoms in total. The number of hydrogen-bond donors (Lipinski definition) is 1. The summed E-state index contributed by atoms with van der Waals surface area (Å²) in [5, 5.41) is 15.5. The average Bonchev–Trinajstić information content (AvgIpc) is 3.23. The molecule has 1 aliphatic heterocycles. The molecule has 1 atom stereocenters. The van der Waals surface area contributed by atoms with Gasteiger partial charge < -0.3 is 10.0 Å². The van der Waals surface area contributed by atoms with E-state index in [0.29, 0.717) is 18.7 Å². The normalized spacial score (nSPS) is 18.1. The second kappa shape index (κ2) is 7.23. The number of aromatic nitrogens is 1. The van der Waals surface area contributed by atoms with Gasteiger partial charge in [-0.25, -0.2) is 4.98 Å². The van der Waals surface area contributed by atoms with E-state index in [4.69, 9.17) is 5.11 Å². The molecule has 1 fully saturated rings. The zero-order valence-electron chi connectivity index (χ0n) is 12.6. The second-order valence-electron chi connectivity index (χ2n) is 5.74. The molecule has 23 heavy (non-hydrogen) atoms. The molecule has 3 heterocycles. The zero-order valence-corrected chi connectivity index (χ0v) is 14.2. The van der Waals surface area contributed by atoms with Crippen LogP contribution in [-0.2, 0) is 4.79 Å². The molecule has 0 aromatic carbocycles. The van der Waals surface area contributed by atoms with Crippen LogP contribution < -0.4 is 0 Å². The van der Waals surface area contributed by atoms with Crippen molar-refractivity contribution < 1.29 is 14.7 Å². The highest BCUT2D eigenvalue weighted by molar-refractivity contribution is 7.14. The van der Waals surface area contributed by atoms with Gasteiger partial charge in [0.1, 0.15) is 10.7 Å². The van der Waals surface area contributed by atoms with Gasteiger partial charge in [0.15, 0.2) is 0 Å². The fourth-order valence-electron chi connectivity index (χ4n) is 2.87. The Bertz CT molecular complexity index is 681. The maximum atomic E-state index is 12.6. The average molecular weight is 350 g/mol. The Morgan fingerprint density at radius 2 is 2.26 bits per heavy atom. The lowest BCUT2D eigenvalue weighted by Gasteiger charge is -2.32. The summed E-state index contributed by atoms with van der Waals surface area (Å²) in [6.45, 7) is 1.37. The number of thiazole rings is 1. The summed E-state index contributed by atoms with van der Waals surface area (Å²) in [4.78, 5) is 29.6. The fraction of sp³-hybridized carbons (Fsp3) is 0.438. The first-order valence-electron chi connectivity index (χ1n) is 7.62. The van der Waals surface area contributed by atoms with E-state index in [9.17, 15) is 9.59 Å². The Morgan fingerprint density at radius 3 is 3.00 bits per heavy atom. The molecule has 0 unspecified atom stereocenters. The van der Waals surface area contributed by atoms with Crippen molar-refractivity contribution in [3.05, 3.63) is 27.9 Å². The van der Waals surface area contributed by atoms with Crippen molar-refractivity contribution in [2.45, 2.75) is 25.7 Å². The Balaban J connectivity index is 1.64. The maximum absolute atomic E-state index is 12.6. The number of piperidine rings is 1. The van der Waals surface area contributed by atoms with Crippen LogP contribution in [0.25, 0.3) is 10.6 Å². The Labute approximate surface area is 142 Å². The number of amides is 1. The molecular formula is C16H18N2O3S2. The van der Waals surface area contributed by atoms with Crippen LogP contribution in [-0.4, -0.2) is 40.0 Å². The van der Waals surface area contributed by atoms with E-state index < -0.39 is 5.97 Å². The van der Waals surface area contributed by atoms with Crippen molar-refractivity contribution in [3.8, 4) is 10.6 Å². The van der Waals surface area contributed by atoms with Crippen LogP contribution in [0.15, 0.2) is 22.2 Å². The number of hydrogen-bond acceptors (Lipinski definition) is 5. The van der Waals surface area contributed by atoms with Gasteiger partial charge in [-0.2, -0.15) is 11.3 Å². The molecule has 1 amide bonds. The van der Waals surface area contributed by atoms with E-state index in [2.05, 4.69) is 4.98 Å². The van der Waals surface area contributed by atoms with Gasteiger partial charge in [0.25, 0.3) is 5.91 Å². The van der Waals surface area contributed by atoms with E-state index in [1.165, 1.54) is 11.3 Å². The van der Waals surface area contributed by atoms with E-state index in [0.717, 1.165) is 30.0 Å². The number of carbonyl (C=O) groups excluding carboxylic acids is 1. The van der Waals surface area contributed by atoms with Gasteiger partial charge >= 0.3 is 5.97 Å². The van der Waals surface area contributed by atoms with Gasteiger partial charge in [0.2, 0.25) is 0 Å². The molecule has 1 aliphatic rings. The highest BCUT2D eigenvalue weighted by Crippen LogP contribution is 2.27. The first kappa shape index (κ1) is 16.1. The van der Waals surface area contributed by atoms with Crippen LogP contribution in [0.1, 0.15) is 36.2 Å². The Hall–Kier alpha value is -1.73. The quantitative estimate of drug-likeness (QED) is 0.894. The summed E-state index contributed by atoms with van der Waals surface area (Å²) < 4.78 is 0. The number of carboxylic acids is 1. The Morgan fingerprint density at radius 1 is 1.39 bits per heavy atom. The summed E-state index contributed by atoms with van der Waals surface area (Å²) in [6.07, 6.45) is 2.73. The minimum absolute atomic E-state index is 0.0391. The first-order valence-corrected chi connectivity index (χ1v) is 9.45. The monoisotopic (exact) mass is 350 g/mol. The van der Waals surface area contributed by atoms with Gasteiger partial charge in [-0.15, -0.1) is 11.3 Å². The second-order valence-corrected chi connectivity index (χ2v) is 7.38. The van der Waals surface area contributed by atoms with E-state index in [1.807, 2.05) is 27.1 Å². The molecule has 7 heteroatoms. The standard InChI is InChI=1S/C16H18N2O3S2/c19-14(20)4-3-11-2-1-6-18(8-11)16(21)13-10-23-15(17-13)12-5-7-22-9-12/h5,7,9-11H,1-4,6,8H2,(H,19,20)/t11-/m1/s1. The number of carbonyl (C=O) groups is 2. The van der Waals surface area contributed by atoms with E-state index in [-0.39, 0.29) is 18.2 Å². The van der Waals surface area contributed by atoms with E-state index >= 15 is 0 Å². The summed E-state index contributed by atoms with van der Waals surface area (Å²) in [6, 6.07) is 2.00. The van der Waals surface area contributed by atoms with Crippen molar-refractivity contribution in [3.63, 3.8) is 0 Å². The van der Waals surface area contributed by atoms with Crippen molar-refractivity contribution in [2.75, 3.05) is 13.1 Å². The van der Waals surface area contributed by atoms with Crippen LogP contribution in [0.3, 0.4) is 0 Å². The number of thiophene rings is 1. The zero-order chi connectivity index (χ0) is 16.2. The highest BCUT2D eigenvalue weighted by atomic mass is 32.1. The molecule has 2 aromatic rings. The minimum atomic E-state index is -0.770. The lowest BCUT2D eigenvalue weighted by molar-refractivity contribution is -0.137. The van der Waals surface area contributed by atoms with Crippen molar-refractivity contribution in [1.29, 1.82) is 0 Å². The molecule has 1 saturated heterocycles. The Kier molecular flexibility index (Phi) is 5.07. The van der Waals surface area contributed by atoms with Crippen LogP contribution in [0.5, 0.6) is 0 Å². The number of likely N-dealkylation sites (tertiary alicyclic amines) is 1. The van der Waals surface area contributed by atoms with Crippen molar-refractivity contribution in [2.24, 2.45) is 5.92 Å². The molecule has 122 valence electrons. The predicted molar refractivity (Wildman–Crippen MR) is 90.9 cm³/mol. The molecule has 2 aromatic heterocycles. The smallest absolute Gasteiger partial charge is 0.303 e. The molecule has 0 aliphatic carbocycles. The molecule has 0 spiro atoms. The first-order chi connectivity index (χ1) is 11.1. The van der Waals surface area contributed by atoms with Crippen LogP contribution in [0.4, 0.5) is 0 Å². The van der Waals surface area contributed by atoms with Crippen LogP contribution in [0.2, 0.25) is 0 Å². The van der Waals surface area contributed by atoms with Crippen molar-refractivity contribution in [1.82, 2.24) is 9.88 Å². The van der Waals surface area contributed by atoms with Crippen molar-refractivity contribution >= 4 is 34.6 Å². The number of rotatable bonds is 5. The number of carboxylic acid groups (broad SMARTS) is 1. The van der Waals surface area contributed by atoms with Gasteiger partial charge in [-0.05, 0) is 36.6 Å². The lowest BCUT2D eigenvalue weighted by atomic mass is 9.93. The van der Waals surface area contributed by atoms with Gasteiger partial charge in [-0.3, -0.25) is 9.59 Å². The largest absolute Gasteiger partial charge is 0.481 e. The number of aliphatic carboxylic acids is 1. The SMILES string of the molecule is O=C(O)CC[C@H]1CCCN(C(=O)c2csc(-c3ccsc3)n2)C1. The molecule has 1 N–H and O–H groups in total. The summed E-state index contributed by atoms with van der Waals surface area (Å²) in [5.74, 6) is -0.533. The lowest BCUT2D eigenvalue weighted by Crippen LogP contribution is -2.40. The van der Waals surface area contributed by atoms with E-state index in [1.54, 1.807) is 11.3 Å². The predicted octanol–water partition coefficient (Wildman–Crippen LogP) is 3.59. The highest BCUT2D eigenvalue weighted by Gasteiger charge is 2.26. The van der Waals surface area contributed by atoms with Gasteiger partial charge in [0, 0.05) is 35.8 Å². The molecule has 0 radical (unpaired) electrons. The maximum Gasteiger partial charge on any atom is 0.303 e. The van der Waals surface area contributed by atoms with Crippen LogP contribution in [0, 0.1) is 5.92 Å². The molecule has 0 saturated carbocycles. The molecule has 3 rings (SSSR count). The van der Waals surface area contributed by atoms with Crippen LogP contribution >= 0.6 is 22.7 Å². The third-order valence-electron chi connectivity index (χ3n) is 4.06. The van der Waals surface area contributed by atoms with Gasteiger partial charge in [-0.1, -0.05) is 0 Å². The molecule has 0 bridgehead atoms. The summed E-state index contributed by atoms with van der Waals surface area (Å²) >= 11 is 3.10. The topological polar surface area (TPSA) is 70.5 Å².